The number of carbonyl (C=O) groups is 1. The molecule has 0 aromatic heterocycles. The van der Waals surface area contributed by atoms with Gasteiger partial charge in [-0.2, -0.15) is 0 Å². The maximum atomic E-state index is 12.0. The van der Waals surface area contributed by atoms with Crippen molar-refractivity contribution in [1.82, 2.24) is 4.72 Å². The molecule has 7 nitrogen and oxygen atoms in total. The fourth-order valence-corrected chi connectivity index (χ4v) is 3.78. The summed E-state index contributed by atoms with van der Waals surface area (Å²) < 4.78 is 36.9. The van der Waals surface area contributed by atoms with Gasteiger partial charge >= 0.3 is 5.97 Å². The van der Waals surface area contributed by atoms with E-state index < -0.39 is 16.0 Å². The fourth-order valence-electron chi connectivity index (χ4n) is 2.53. The average Bonchev–Trinajstić information content (AvgIpc) is 2.91. The van der Waals surface area contributed by atoms with Crippen molar-refractivity contribution in [1.29, 1.82) is 0 Å². The topological polar surface area (TPSA) is 94.1 Å². The van der Waals surface area contributed by atoms with Crippen LogP contribution < -0.4 is 9.46 Å². The number of fused-ring (bicyclic) bond motifs is 1. The highest BCUT2D eigenvalue weighted by Gasteiger charge is 2.29. The summed E-state index contributed by atoms with van der Waals surface area (Å²) in [7, 11) is -3.57. The normalized spacial score (nSPS) is 15.8. The molecule has 1 aliphatic rings. The first-order valence-electron chi connectivity index (χ1n) is 8.47. The second-order valence-corrected chi connectivity index (χ2v) is 7.61. The lowest BCUT2D eigenvalue weighted by Gasteiger charge is -2.07. The first kappa shape index (κ1) is 18.9. The van der Waals surface area contributed by atoms with E-state index in [-0.39, 0.29) is 36.9 Å². The van der Waals surface area contributed by atoms with Gasteiger partial charge in [0.1, 0.15) is 24.8 Å². The molecule has 27 heavy (non-hydrogen) atoms. The Bertz CT molecular complexity index is 952. The molecule has 142 valence electrons. The number of amidine groups is 1. The van der Waals surface area contributed by atoms with Crippen molar-refractivity contribution in [3.05, 3.63) is 59.7 Å². The summed E-state index contributed by atoms with van der Waals surface area (Å²) in [6, 6.07) is 14.2. The Morgan fingerprint density at radius 3 is 2.59 bits per heavy atom. The predicted octanol–water partition coefficient (Wildman–Crippen LogP) is 2.05. The molecule has 0 aliphatic carbocycles. The summed E-state index contributed by atoms with van der Waals surface area (Å²) >= 11 is 0. The Morgan fingerprint density at radius 2 is 1.81 bits per heavy atom. The van der Waals surface area contributed by atoms with Crippen LogP contribution in [0.1, 0.15) is 17.5 Å². The number of rotatable bonds is 7. The van der Waals surface area contributed by atoms with E-state index in [9.17, 15) is 13.2 Å². The maximum Gasteiger partial charge on any atom is 0.307 e. The minimum Gasteiger partial charge on any atom is -0.490 e. The number of sulfonamides is 1. The molecule has 0 amide bonds. The number of aryl methyl sites for hydroxylation is 1. The molecular formula is C19H20N2O5S. The van der Waals surface area contributed by atoms with Gasteiger partial charge in [-0.15, -0.1) is 0 Å². The van der Waals surface area contributed by atoms with Crippen molar-refractivity contribution in [3.63, 3.8) is 0 Å². The van der Waals surface area contributed by atoms with E-state index in [0.29, 0.717) is 5.56 Å². The van der Waals surface area contributed by atoms with E-state index in [0.717, 1.165) is 11.3 Å². The number of nitrogens with one attached hydrogen (secondary N) is 1. The molecule has 0 unspecified atom stereocenters. The van der Waals surface area contributed by atoms with Gasteiger partial charge in [-0.25, -0.2) is 8.42 Å². The minimum atomic E-state index is -3.57. The molecular weight excluding hydrogens is 368 g/mol. The Kier molecular flexibility index (Phi) is 5.75. The van der Waals surface area contributed by atoms with E-state index in [1.54, 1.807) is 18.2 Å². The van der Waals surface area contributed by atoms with Gasteiger partial charge in [-0.3, -0.25) is 14.5 Å². The van der Waals surface area contributed by atoms with Gasteiger partial charge in [0.25, 0.3) is 10.0 Å². The molecule has 2 aromatic rings. The SMILES string of the molecule is Cc1ccc(OCCOC(=O)CCN=C2NS(=O)(=O)c3ccccc32)cc1. The molecule has 0 atom stereocenters. The molecule has 0 saturated carbocycles. The zero-order chi connectivity index (χ0) is 19.3. The molecule has 0 saturated heterocycles. The third kappa shape index (κ3) is 4.85. The third-order valence-electron chi connectivity index (χ3n) is 3.88. The van der Waals surface area contributed by atoms with Crippen LogP contribution in [0.4, 0.5) is 0 Å². The van der Waals surface area contributed by atoms with E-state index in [2.05, 4.69) is 9.71 Å². The highest BCUT2D eigenvalue weighted by atomic mass is 32.2. The smallest absolute Gasteiger partial charge is 0.307 e. The van der Waals surface area contributed by atoms with Crippen molar-refractivity contribution in [3.8, 4) is 5.75 Å². The average molecular weight is 388 g/mol. The van der Waals surface area contributed by atoms with E-state index in [4.69, 9.17) is 9.47 Å². The minimum absolute atomic E-state index is 0.0535. The Labute approximate surface area is 158 Å². The van der Waals surface area contributed by atoms with Gasteiger partial charge in [0.05, 0.1) is 17.9 Å². The second kappa shape index (κ2) is 8.22. The molecule has 0 bridgehead atoms. The molecule has 8 heteroatoms. The Hall–Kier alpha value is -2.87. The number of carbonyl (C=O) groups excluding carboxylic acids is 1. The van der Waals surface area contributed by atoms with Crippen molar-refractivity contribution in [2.75, 3.05) is 19.8 Å². The Morgan fingerprint density at radius 1 is 1.07 bits per heavy atom. The van der Waals surface area contributed by atoms with Crippen LogP contribution in [0.15, 0.2) is 58.4 Å². The number of hydrogen-bond donors (Lipinski definition) is 1. The lowest BCUT2D eigenvalue weighted by Crippen LogP contribution is -2.22. The lowest BCUT2D eigenvalue weighted by molar-refractivity contribution is -0.144. The first-order valence-corrected chi connectivity index (χ1v) is 9.96. The summed E-state index contributed by atoms with van der Waals surface area (Å²) in [4.78, 5) is 16.1. The molecule has 3 rings (SSSR count). The number of esters is 1. The van der Waals surface area contributed by atoms with Crippen molar-refractivity contribution in [2.24, 2.45) is 4.99 Å². The summed E-state index contributed by atoms with van der Waals surface area (Å²) in [5.74, 6) is 0.553. The molecule has 1 N–H and O–H groups in total. The molecule has 1 heterocycles. The van der Waals surface area contributed by atoms with Crippen molar-refractivity contribution in [2.45, 2.75) is 18.2 Å². The van der Waals surface area contributed by atoms with Crippen molar-refractivity contribution < 1.29 is 22.7 Å². The van der Waals surface area contributed by atoms with Crippen LogP contribution in [0.5, 0.6) is 5.75 Å². The summed E-state index contributed by atoms with van der Waals surface area (Å²) in [5, 5.41) is 0. The van der Waals surface area contributed by atoms with Crippen LogP contribution in [0.3, 0.4) is 0 Å². The predicted molar refractivity (Wildman–Crippen MR) is 100 cm³/mol. The summed E-state index contributed by atoms with van der Waals surface area (Å²) in [6.45, 7) is 2.52. The van der Waals surface area contributed by atoms with Crippen LogP contribution in [-0.2, 0) is 19.6 Å². The number of nitrogens with zero attached hydrogens (tertiary/aromatic N) is 1. The highest BCUT2D eigenvalue weighted by Crippen LogP contribution is 2.22. The number of benzene rings is 2. The quantitative estimate of drug-likeness (QED) is 0.579. The molecule has 1 aliphatic heterocycles. The second-order valence-electron chi connectivity index (χ2n) is 5.96. The van der Waals surface area contributed by atoms with Gasteiger partial charge in [0, 0.05) is 5.56 Å². The zero-order valence-corrected chi connectivity index (χ0v) is 15.7. The monoisotopic (exact) mass is 388 g/mol. The van der Waals surface area contributed by atoms with Gasteiger partial charge in [0.2, 0.25) is 0 Å². The molecule has 2 aromatic carbocycles. The molecule has 0 radical (unpaired) electrons. The van der Waals surface area contributed by atoms with Crippen LogP contribution >= 0.6 is 0 Å². The number of ether oxygens (including phenoxy) is 2. The number of aliphatic imine (C=N–C) groups is 1. The first-order chi connectivity index (χ1) is 13.0. The van der Waals surface area contributed by atoms with Crippen LogP contribution in [0.25, 0.3) is 0 Å². The van der Waals surface area contributed by atoms with Crippen LogP contribution in [0, 0.1) is 6.92 Å². The number of hydrogen-bond acceptors (Lipinski definition) is 6. The fraction of sp³-hybridized carbons (Fsp3) is 0.263. The van der Waals surface area contributed by atoms with Gasteiger partial charge in [0.15, 0.2) is 0 Å². The Balaban J connectivity index is 1.42. The largest absolute Gasteiger partial charge is 0.490 e. The highest BCUT2D eigenvalue weighted by molar-refractivity contribution is 7.90. The molecule has 0 spiro atoms. The standard InChI is InChI=1S/C19H20N2O5S/c1-14-6-8-15(9-7-14)25-12-13-26-18(22)10-11-20-19-16-4-2-3-5-17(16)27(23,24)21-19/h2-9H,10-13H2,1H3,(H,20,21). The third-order valence-corrected chi connectivity index (χ3v) is 5.28. The maximum absolute atomic E-state index is 12.0. The van der Waals surface area contributed by atoms with Crippen LogP contribution in [-0.4, -0.2) is 40.0 Å². The van der Waals surface area contributed by atoms with Crippen LogP contribution in [0.2, 0.25) is 0 Å². The summed E-state index contributed by atoms with van der Waals surface area (Å²) in [5.41, 5.74) is 1.65. The van der Waals surface area contributed by atoms with E-state index >= 15 is 0 Å². The van der Waals surface area contributed by atoms with Gasteiger partial charge < -0.3 is 9.47 Å². The molecule has 0 fully saturated rings. The van der Waals surface area contributed by atoms with E-state index in [1.807, 2.05) is 31.2 Å². The zero-order valence-electron chi connectivity index (χ0n) is 14.8. The van der Waals surface area contributed by atoms with Crippen molar-refractivity contribution >= 4 is 21.8 Å². The summed E-state index contributed by atoms with van der Waals surface area (Å²) in [6.07, 6.45) is 0.0535. The van der Waals surface area contributed by atoms with E-state index in [1.165, 1.54) is 6.07 Å². The lowest BCUT2D eigenvalue weighted by atomic mass is 10.2. The van der Waals surface area contributed by atoms with Gasteiger partial charge in [-0.05, 0) is 31.2 Å². The van der Waals surface area contributed by atoms with Gasteiger partial charge in [-0.1, -0.05) is 29.8 Å².